The zero-order chi connectivity index (χ0) is 23.5. The van der Waals surface area contributed by atoms with Crippen molar-refractivity contribution in [2.75, 3.05) is 11.4 Å². The second kappa shape index (κ2) is 7.69. The van der Waals surface area contributed by atoms with E-state index in [0.717, 1.165) is 28.7 Å². The first-order valence-corrected chi connectivity index (χ1v) is 10.4. The molecule has 5 rings (SSSR count). The van der Waals surface area contributed by atoms with Gasteiger partial charge in [-0.25, -0.2) is 18.7 Å². The number of rotatable bonds is 2. The minimum Gasteiger partial charge on any atom is -0.356 e. The number of aromatic nitrogens is 3. The third-order valence-corrected chi connectivity index (χ3v) is 6.11. The number of nitrogens with zero attached hydrogens (tertiary/aromatic N) is 3. The van der Waals surface area contributed by atoms with Gasteiger partial charge in [0.2, 0.25) is 5.95 Å². The third kappa shape index (κ3) is 3.60. The predicted octanol–water partition coefficient (Wildman–Crippen LogP) is 6.37. The summed E-state index contributed by atoms with van der Waals surface area (Å²) in [4.78, 5) is 12.4. The Labute approximate surface area is 190 Å². The van der Waals surface area contributed by atoms with E-state index >= 15 is 4.39 Å². The zero-order valence-corrected chi connectivity index (χ0v) is 17.9. The van der Waals surface area contributed by atoms with E-state index in [1.165, 1.54) is 24.0 Å². The summed E-state index contributed by atoms with van der Waals surface area (Å²) in [6, 6.07) is 7.90. The van der Waals surface area contributed by atoms with E-state index in [2.05, 4.69) is 15.0 Å². The second-order valence-corrected chi connectivity index (χ2v) is 8.33. The van der Waals surface area contributed by atoms with Gasteiger partial charge in [0.1, 0.15) is 11.7 Å². The van der Waals surface area contributed by atoms with E-state index in [-0.39, 0.29) is 23.6 Å². The second-order valence-electron chi connectivity index (χ2n) is 7.89. The summed E-state index contributed by atoms with van der Waals surface area (Å²) in [5.74, 6) is -2.30. The molecule has 0 saturated heterocycles. The molecular weight excluding hydrogens is 463 g/mol. The highest BCUT2D eigenvalue weighted by Gasteiger charge is 2.38. The maximum Gasteiger partial charge on any atom is 0.433 e. The smallest absolute Gasteiger partial charge is 0.356 e. The first-order chi connectivity index (χ1) is 15.6. The SMILES string of the molecule is Cc1ccc([C@H]2c3[nH]c4ccc(Cl)cc4c3CCN2c2nccc(C(F)(F)F)n2)c(F)c1F. The number of aryl methyl sites for hydroxylation is 1. The van der Waals surface area contributed by atoms with Gasteiger partial charge in [-0.2, -0.15) is 13.2 Å². The van der Waals surface area contributed by atoms with Gasteiger partial charge in [0, 0.05) is 39.9 Å². The van der Waals surface area contributed by atoms with Gasteiger partial charge in [0.05, 0.1) is 0 Å². The van der Waals surface area contributed by atoms with Crippen molar-refractivity contribution in [3.63, 3.8) is 0 Å². The molecule has 2 aromatic carbocycles. The molecule has 10 heteroatoms. The number of fused-ring (bicyclic) bond motifs is 3. The molecule has 0 bridgehead atoms. The van der Waals surface area contributed by atoms with Crippen LogP contribution in [0.1, 0.15) is 34.1 Å². The summed E-state index contributed by atoms with van der Waals surface area (Å²) >= 11 is 6.16. The van der Waals surface area contributed by atoms with Crippen LogP contribution < -0.4 is 4.90 Å². The summed E-state index contributed by atoms with van der Waals surface area (Å²) in [6.45, 7) is 1.63. The molecule has 0 radical (unpaired) electrons. The molecule has 0 amide bonds. The molecule has 0 fully saturated rings. The number of benzene rings is 2. The molecule has 0 aliphatic carbocycles. The van der Waals surface area contributed by atoms with Crippen molar-refractivity contribution in [1.82, 2.24) is 15.0 Å². The molecule has 0 saturated carbocycles. The topological polar surface area (TPSA) is 44.8 Å². The summed E-state index contributed by atoms with van der Waals surface area (Å²) in [7, 11) is 0. The fourth-order valence-electron chi connectivity index (χ4n) is 4.32. The highest BCUT2D eigenvalue weighted by atomic mass is 35.5. The van der Waals surface area contributed by atoms with Crippen molar-refractivity contribution in [3.8, 4) is 0 Å². The number of H-pyrrole nitrogens is 1. The van der Waals surface area contributed by atoms with Gasteiger partial charge in [0.15, 0.2) is 11.6 Å². The lowest BCUT2D eigenvalue weighted by Crippen LogP contribution is -2.38. The molecule has 0 spiro atoms. The standard InChI is InChI=1S/C23H16ClF5N4/c1-11-2-4-14(19(26)18(11)25)21-20-13(15-10-12(24)3-5-16(15)31-20)7-9-33(21)22-30-8-6-17(32-22)23(27,28)29/h2-6,8,10,21,31H,7,9H2,1H3/t21-/m0/s1. The van der Waals surface area contributed by atoms with E-state index in [1.807, 2.05) is 0 Å². The first kappa shape index (κ1) is 21.6. The summed E-state index contributed by atoms with van der Waals surface area (Å²) in [6.07, 6.45) is -3.25. The van der Waals surface area contributed by atoms with Crippen molar-refractivity contribution in [3.05, 3.63) is 87.3 Å². The fraction of sp³-hybridized carbons (Fsp3) is 0.217. The first-order valence-electron chi connectivity index (χ1n) is 10.1. The maximum atomic E-state index is 15.2. The minimum atomic E-state index is -4.67. The Morgan fingerprint density at radius 1 is 1.09 bits per heavy atom. The highest BCUT2D eigenvalue weighted by molar-refractivity contribution is 6.31. The average molecular weight is 479 g/mol. The number of hydrogen-bond acceptors (Lipinski definition) is 3. The van der Waals surface area contributed by atoms with Gasteiger partial charge < -0.3 is 9.88 Å². The van der Waals surface area contributed by atoms with Gasteiger partial charge in [0.25, 0.3) is 0 Å². The molecule has 1 aliphatic rings. The van der Waals surface area contributed by atoms with Crippen LogP contribution in [0.3, 0.4) is 0 Å². The van der Waals surface area contributed by atoms with Crippen molar-refractivity contribution < 1.29 is 22.0 Å². The van der Waals surface area contributed by atoms with E-state index in [0.29, 0.717) is 17.1 Å². The van der Waals surface area contributed by atoms with Crippen molar-refractivity contribution in [2.45, 2.75) is 25.6 Å². The number of hydrogen-bond donors (Lipinski definition) is 1. The minimum absolute atomic E-state index is 0.0299. The molecule has 4 nitrogen and oxygen atoms in total. The summed E-state index contributed by atoms with van der Waals surface area (Å²) in [5.41, 5.74) is 1.07. The van der Waals surface area contributed by atoms with Gasteiger partial charge in [-0.05, 0) is 48.7 Å². The normalized spacial score (nSPS) is 16.3. The fourth-order valence-corrected chi connectivity index (χ4v) is 4.49. The Balaban J connectivity index is 1.74. The van der Waals surface area contributed by atoms with Crippen LogP contribution in [0.2, 0.25) is 5.02 Å². The van der Waals surface area contributed by atoms with Crippen LogP contribution >= 0.6 is 11.6 Å². The van der Waals surface area contributed by atoms with Gasteiger partial charge in [-0.15, -0.1) is 0 Å². The molecule has 170 valence electrons. The number of nitrogens with one attached hydrogen (secondary N) is 1. The van der Waals surface area contributed by atoms with Crippen LogP contribution in [-0.2, 0) is 12.6 Å². The lowest BCUT2D eigenvalue weighted by atomic mass is 9.91. The summed E-state index contributed by atoms with van der Waals surface area (Å²) < 4.78 is 69.6. The van der Waals surface area contributed by atoms with E-state index in [1.54, 1.807) is 18.2 Å². The maximum absolute atomic E-state index is 15.2. The van der Waals surface area contributed by atoms with E-state index < -0.39 is 29.5 Å². The van der Waals surface area contributed by atoms with Crippen molar-refractivity contribution in [1.29, 1.82) is 0 Å². The summed E-state index contributed by atoms with van der Waals surface area (Å²) in [5, 5.41) is 1.33. The molecular formula is C23H16ClF5N4. The Morgan fingerprint density at radius 3 is 2.64 bits per heavy atom. The third-order valence-electron chi connectivity index (χ3n) is 5.88. The molecule has 2 aromatic heterocycles. The van der Waals surface area contributed by atoms with Gasteiger partial charge >= 0.3 is 6.18 Å². The lowest BCUT2D eigenvalue weighted by molar-refractivity contribution is -0.141. The Bertz CT molecular complexity index is 1380. The number of anilines is 1. The molecule has 33 heavy (non-hydrogen) atoms. The largest absolute Gasteiger partial charge is 0.433 e. The molecule has 1 N–H and O–H groups in total. The number of alkyl halides is 3. The Hall–Kier alpha value is -3.20. The van der Waals surface area contributed by atoms with Gasteiger partial charge in [-0.3, -0.25) is 0 Å². The van der Waals surface area contributed by atoms with Crippen LogP contribution in [0.4, 0.5) is 27.9 Å². The molecule has 4 aromatic rings. The number of aromatic amines is 1. The van der Waals surface area contributed by atoms with E-state index in [4.69, 9.17) is 11.6 Å². The van der Waals surface area contributed by atoms with Crippen LogP contribution in [0.15, 0.2) is 42.6 Å². The number of halogens is 6. The zero-order valence-electron chi connectivity index (χ0n) is 17.1. The average Bonchev–Trinajstić information content (AvgIpc) is 3.15. The predicted molar refractivity (Wildman–Crippen MR) is 114 cm³/mol. The van der Waals surface area contributed by atoms with Crippen LogP contribution in [0.5, 0.6) is 0 Å². The Kier molecular flexibility index (Phi) is 5.04. The quantitative estimate of drug-likeness (QED) is 0.340. The molecule has 0 unspecified atom stereocenters. The highest BCUT2D eigenvalue weighted by Crippen LogP contribution is 2.42. The molecule has 1 aliphatic heterocycles. The van der Waals surface area contributed by atoms with Crippen LogP contribution in [0, 0.1) is 18.6 Å². The van der Waals surface area contributed by atoms with Crippen LogP contribution in [-0.4, -0.2) is 21.5 Å². The Morgan fingerprint density at radius 2 is 1.88 bits per heavy atom. The van der Waals surface area contributed by atoms with Crippen LogP contribution in [0.25, 0.3) is 10.9 Å². The monoisotopic (exact) mass is 478 g/mol. The van der Waals surface area contributed by atoms with Gasteiger partial charge in [-0.1, -0.05) is 23.7 Å². The van der Waals surface area contributed by atoms with E-state index in [9.17, 15) is 17.6 Å². The lowest BCUT2D eigenvalue weighted by Gasteiger charge is -2.36. The van der Waals surface area contributed by atoms with Crippen molar-refractivity contribution in [2.24, 2.45) is 0 Å². The molecule has 1 atom stereocenters. The molecule has 3 heterocycles. The van der Waals surface area contributed by atoms with Crippen molar-refractivity contribution >= 4 is 28.5 Å².